The van der Waals surface area contributed by atoms with E-state index < -0.39 is 24.2 Å². The van der Waals surface area contributed by atoms with Gasteiger partial charge in [0.25, 0.3) is 0 Å². The molecule has 0 aromatic rings. The Morgan fingerprint density at radius 3 is 2.50 bits per heavy atom. The average Bonchev–Trinajstić information content (AvgIpc) is 2.34. The largest absolute Gasteiger partial charge is 0.408 e. The van der Waals surface area contributed by atoms with Crippen molar-refractivity contribution in [2.45, 2.75) is 44.4 Å². The Morgan fingerprint density at radius 1 is 1.35 bits per heavy atom. The summed E-state index contributed by atoms with van der Waals surface area (Å²) in [5, 5.41) is 2.63. The Balaban J connectivity index is 2.60. The van der Waals surface area contributed by atoms with Gasteiger partial charge in [-0.25, -0.2) is 0 Å². The molecule has 0 aliphatic carbocycles. The minimum Gasteiger partial charge on any atom is -0.384 e. The number of ether oxygens (including phenoxy) is 1. The SMILES string of the molecule is COCCC(=O)NC1CCC(C(F)(F)F)N(C(C)=O)C1. The lowest BCUT2D eigenvalue weighted by Gasteiger charge is -2.40. The van der Waals surface area contributed by atoms with Gasteiger partial charge in [-0.15, -0.1) is 0 Å². The van der Waals surface area contributed by atoms with E-state index in [0.717, 1.165) is 11.8 Å². The maximum absolute atomic E-state index is 12.8. The number of nitrogens with zero attached hydrogens (tertiary/aromatic N) is 1. The van der Waals surface area contributed by atoms with E-state index >= 15 is 0 Å². The predicted molar refractivity (Wildman–Crippen MR) is 64.9 cm³/mol. The van der Waals surface area contributed by atoms with Crippen molar-refractivity contribution < 1.29 is 27.5 Å². The Hall–Kier alpha value is -1.31. The third-order valence-corrected chi connectivity index (χ3v) is 3.26. The van der Waals surface area contributed by atoms with Crippen LogP contribution in [0.15, 0.2) is 0 Å². The number of carbonyl (C=O) groups is 2. The van der Waals surface area contributed by atoms with Crippen molar-refractivity contribution in [1.82, 2.24) is 10.2 Å². The summed E-state index contributed by atoms with van der Waals surface area (Å²) in [5.74, 6) is -0.922. The zero-order chi connectivity index (χ0) is 15.3. The molecule has 0 radical (unpaired) electrons. The molecule has 0 bridgehead atoms. The second-order valence-electron chi connectivity index (χ2n) is 4.81. The van der Waals surface area contributed by atoms with Crippen LogP contribution in [0, 0.1) is 0 Å². The highest BCUT2D eigenvalue weighted by Crippen LogP contribution is 2.31. The van der Waals surface area contributed by atoms with E-state index in [2.05, 4.69) is 5.32 Å². The van der Waals surface area contributed by atoms with Gasteiger partial charge in [-0.3, -0.25) is 9.59 Å². The molecule has 1 aliphatic heterocycles. The molecule has 2 amide bonds. The van der Waals surface area contributed by atoms with E-state index in [0.29, 0.717) is 0 Å². The summed E-state index contributed by atoms with van der Waals surface area (Å²) in [5.41, 5.74) is 0. The molecule has 0 aromatic carbocycles. The molecule has 8 heteroatoms. The summed E-state index contributed by atoms with van der Waals surface area (Å²) in [6.07, 6.45) is -4.28. The maximum Gasteiger partial charge on any atom is 0.408 e. The lowest BCUT2D eigenvalue weighted by atomic mass is 9.97. The molecule has 0 spiro atoms. The van der Waals surface area contributed by atoms with E-state index in [1.165, 1.54) is 7.11 Å². The number of hydrogen-bond acceptors (Lipinski definition) is 3. The van der Waals surface area contributed by atoms with Gasteiger partial charge in [-0.2, -0.15) is 13.2 Å². The van der Waals surface area contributed by atoms with Crippen LogP contribution in [0.4, 0.5) is 13.2 Å². The molecular weight excluding hydrogens is 277 g/mol. The van der Waals surface area contributed by atoms with Crippen LogP contribution >= 0.6 is 0 Å². The van der Waals surface area contributed by atoms with E-state index in [1.807, 2.05) is 0 Å². The van der Waals surface area contributed by atoms with Crippen molar-refractivity contribution in [2.24, 2.45) is 0 Å². The first kappa shape index (κ1) is 16.7. The molecule has 1 rings (SSSR count). The number of methoxy groups -OCH3 is 1. The van der Waals surface area contributed by atoms with Crippen molar-refractivity contribution in [3.63, 3.8) is 0 Å². The van der Waals surface area contributed by atoms with Crippen molar-refractivity contribution in [1.29, 1.82) is 0 Å². The van der Waals surface area contributed by atoms with Crippen molar-refractivity contribution in [3.05, 3.63) is 0 Å². The van der Waals surface area contributed by atoms with Crippen molar-refractivity contribution >= 4 is 11.8 Å². The predicted octanol–water partition coefficient (Wildman–Crippen LogP) is 1.08. The zero-order valence-electron chi connectivity index (χ0n) is 11.5. The highest BCUT2D eigenvalue weighted by atomic mass is 19.4. The Bertz CT molecular complexity index is 360. The topological polar surface area (TPSA) is 58.6 Å². The standard InChI is InChI=1S/C12H19F3N2O3/c1-8(18)17-7-9(16-11(19)5-6-20-2)3-4-10(17)12(13,14)15/h9-10H,3-7H2,1-2H3,(H,16,19). The molecule has 20 heavy (non-hydrogen) atoms. The van der Waals surface area contributed by atoms with Gasteiger partial charge >= 0.3 is 6.18 Å². The summed E-state index contributed by atoms with van der Waals surface area (Å²) in [6, 6.07) is -2.20. The molecule has 1 heterocycles. The number of alkyl halides is 3. The lowest BCUT2D eigenvalue weighted by molar-refractivity contribution is -0.196. The number of halogens is 3. The molecule has 116 valence electrons. The minimum atomic E-state index is -4.43. The molecule has 1 fully saturated rings. The third-order valence-electron chi connectivity index (χ3n) is 3.26. The fraction of sp³-hybridized carbons (Fsp3) is 0.833. The number of piperidine rings is 1. The van der Waals surface area contributed by atoms with E-state index in [-0.39, 0.29) is 38.3 Å². The maximum atomic E-state index is 12.8. The minimum absolute atomic E-state index is 0.113. The third kappa shape index (κ3) is 4.66. The molecule has 1 saturated heterocycles. The van der Waals surface area contributed by atoms with Gasteiger partial charge in [0.2, 0.25) is 11.8 Å². The monoisotopic (exact) mass is 296 g/mol. The smallest absolute Gasteiger partial charge is 0.384 e. The average molecular weight is 296 g/mol. The van der Waals surface area contributed by atoms with Crippen LogP contribution in [0.1, 0.15) is 26.2 Å². The molecule has 2 atom stereocenters. The normalized spacial score (nSPS) is 23.6. The van der Waals surface area contributed by atoms with Crippen LogP contribution in [-0.4, -0.2) is 55.2 Å². The summed E-state index contributed by atoms with van der Waals surface area (Å²) >= 11 is 0. The highest BCUT2D eigenvalue weighted by Gasteiger charge is 2.47. The molecular formula is C12H19F3N2O3. The van der Waals surface area contributed by atoms with Crippen molar-refractivity contribution in [2.75, 3.05) is 20.3 Å². The number of likely N-dealkylation sites (tertiary alicyclic amines) is 1. The van der Waals surface area contributed by atoms with Gasteiger partial charge in [0.05, 0.1) is 6.61 Å². The Morgan fingerprint density at radius 2 is 2.00 bits per heavy atom. The van der Waals surface area contributed by atoms with Gasteiger partial charge in [-0.05, 0) is 12.8 Å². The molecule has 1 aliphatic rings. The molecule has 1 N–H and O–H groups in total. The van der Waals surface area contributed by atoms with Gasteiger partial charge < -0.3 is 15.0 Å². The van der Waals surface area contributed by atoms with Crippen LogP contribution in [0.25, 0.3) is 0 Å². The number of carbonyl (C=O) groups excluding carboxylic acids is 2. The van der Waals surface area contributed by atoms with Crippen LogP contribution in [0.3, 0.4) is 0 Å². The van der Waals surface area contributed by atoms with Gasteiger partial charge in [0.1, 0.15) is 6.04 Å². The number of rotatable bonds is 4. The zero-order valence-corrected chi connectivity index (χ0v) is 11.5. The first-order chi connectivity index (χ1) is 9.25. The van der Waals surface area contributed by atoms with Crippen LogP contribution in [-0.2, 0) is 14.3 Å². The van der Waals surface area contributed by atoms with Crippen LogP contribution in [0.2, 0.25) is 0 Å². The molecule has 0 saturated carbocycles. The van der Waals surface area contributed by atoms with Crippen LogP contribution in [0.5, 0.6) is 0 Å². The van der Waals surface area contributed by atoms with Crippen molar-refractivity contribution in [3.8, 4) is 0 Å². The Kier molecular flexibility index (Phi) is 5.79. The Labute approximate surface area is 115 Å². The first-order valence-corrected chi connectivity index (χ1v) is 6.38. The van der Waals surface area contributed by atoms with Crippen LogP contribution < -0.4 is 5.32 Å². The fourth-order valence-corrected chi connectivity index (χ4v) is 2.27. The highest BCUT2D eigenvalue weighted by molar-refractivity contribution is 5.77. The van der Waals surface area contributed by atoms with Gasteiger partial charge in [-0.1, -0.05) is 0 Å². The summed E-state index contributed by atoms with van der Waals surface area (Å²) in [6.45, 7) is 1.24. The summed E-state index contributed by atoms with van der Waals surface area (Å²) in [4.78, 5) is 23.6. The van der Waals surface area contributed by atoms with Gasteiger partial charge in [0.15, 0.2) is 0 Å². The first-order valence-electron chi connectivity index (χ1n) is 6.38. The fourth-order valence-electron chi connectivity index (χ4n) is 2.27. The second-order valence-corrected chi connectivity index (χ2v) is 4.81. The number of hydrogen-bond donors (Lipinski definition) is 1. The van der Waals surface area contributed by atoms with Gasteiger partial charge in [0, 0.05) is 33.0 Å². The molecule has 0 aromatic heterocycles. The summed E-state index contributed by atoms with van der Waals surface area (Å²) < 4.78 is 43.2. The van der Waals surface area contributed by atoms with E-state index in [9.17, 15) is 22.8 Å². The molecule has 5 nitrogen and oxygen atoms in total. The number of nitrogens with one attached hydrogen (secondary N) is 1. The van der Waals surface area contributed by atoms with E-state index in [4.69, 9.17) is 4.74 Å². The lowest BCUT2D eigenvalue weighted by Crippen LogP contribution is -2.57. The quantitative estimate of drug-likeness (QED) is 0.844. The molecule has 2 unspecified atom stereocenters. The second kappa shape index (κ2) is 6.92. The van der Waals surface area contributed by atoms with E-state index in [1.54, 1.807) is 0 Å². The summed E-state index contributed by atoms with van der Waals surface area (Å²) in [7, 11) is 1.46. The number of amides is 2.